The minimum atomic E-state index is -0.463. The maximum atomic E-state index is 11.6. The molecule has 0 fully saturated rings. The Hall–Kier alpha value is -1.55. The number of para-hydroxylation sites is 2. The third-order valence-corrected chi connectivity index (χ3v) is 2.00. The molecule has 1 rings (SSSR count). The number of amides is 1. The molecule has 0 aliphatic carbocycles. The zero-order valence-electron chi connectivity index (χ0n) is 8.99. The van der Waals surface area contributed by atoms with Crippen LogP contribution in [0.25, 0.3) is 0 Å². The molecule has 0 saturated heterocycles. The molecule has 0 saturated carbocycles. The molecule has 3 N–H and O–H groups in total. The Bertz CT molecular complexity index is 339. The van der Waals surface area contributed by atoms with Crippen LogP contribution in [0.2, 0.25) is 0 Å². The summed E-state index contributed by atoms with van der Waals surface area (Å²) in [5.74, 6) is -0.185. The summed E-state index contributed by atoms with van der Waals surface area (Å²) in [6, 6.07) is 7.13. The molecular formula is C11H16N2O2. The van der Waals surface area contributed by atoms with Crippen LogP contribution in [0.5, 0.6) is 0 Å². The Balaban J connectivity index is 2.62. The van der Waals surface area contributed by atoms with Gasteiger partial charge in [-0.25, -0.2) is 0 Å². The zero-order valence-corrected chi connectivity index (χ0v) is 8.99. The lowest BCUT2D eigenvalue weighted by Gasteiger charge is -2.13. The predicted octanol–water partition coefficient (Wildman–Crippen LogP) is 1.63. The van der Waals surface area contributed by atoms with E-state index in [0.717, 1.165) is 0 Å². The second kappa shape index (κ2) is 5.36. The molecule has 0 aromatic heterocycles. The summed E-state index contributed by atoms with van der Waals surface area (Å²) in [4.78, 5) is 11.6. The Morgan fingerprint density at radius 3 is 2.80 bits per heavy atom. The second-order valence-electron chi connectivity index (χ2n) is 3.17. The molecule has 1 atom stereocenters. The molecule has 0 spiro atoms. The summed E-state index contributed by atoms with van der Waals surface area (Å²) < 4.78 is 5.16. The van der Waals surface area contributed by atoms with Crippen molar-refractivity contribution in [2.24, 2.45) is 0 Å². The molecule has 0 heterocycles. The fraction of sp³-hybridized carbons (Fsp3) is 0.364. The largest absolute Gasteiger partial charge is 0.397 e. The fourth-order valence-corrected chi connectivity index (χ4v) is 1.17. The van der Waals surface area contributed by atoms with Crippen molar-refractivity contribution < 1.29 is 9.53 Å². The molecule has 82 valence electrons. The highest BCUT2D eigenvalue weighted by molar-refractivity contribution is 5.96. The standard InChI is InChI=1S/C11H16N2O2/c1-3-15-8(2)11(14)13-10-7-5-4-6-9(10)12/h4-8H,3,12H2,1-2H3,(H,13,14). The van der Waals surface area contributed by atoms with Crippen molar-refractivity contribution in [2.75, 3.05) is 17.7 Å². The van der Waals surface area contributed by atoms with Crippen LogP contribution >= 0.6 is 0 Å². The first-order valence-corrected chi connectivity index (χ1v) is 4.92. The third-order valence-electron chi connectivity index (χ3n) is 2.00. The number of nitrogens with one attached hydrogen (secondary N) is 1. The average molecular weight is 208 g/mol. The summed E-state index contributed by atoms with van der Waals surface area (Å²) in [6.45, 7) is 4.07. The van der Waals surface area contributed by atoms with Gasteiger partial charge in [0, 0.05) is 6.61 Å². The molecule has 1 unspecified atom stereocenters. The summed E-state index contributed by atoms with van der Waals surface area (Å²) in [5.41, 5.74) is 6.86. The van der Waals surface area contributed by atoms with E-state index in [1.165, 1.54) is 0 Å². The molecular weight excluding hydrogens is 192 g/mol. The van der Waals surface area contributed by atoms with Crippen LogP contribution in [-0.2, 0) is 9.53 Å². The average Bonchev–Trinajstić information content (AvgIpc) is 2.21. The highest BCUT2D eigenvalue weighted by Gasteiger charge is 2.13. The quantitative estimate of drug-likeness (QED) is 0.739. The van der Waals surface area contributed by atoms with E-state index in [-0.39, 0.29) is 5.91 Å². The van der Waals surface area contributed by atoms with Gasteiger partial charge < -0.3 is 15.8 Å². The van der Waals surface area contributed by atoms with Crippen molar-refractivity contribution in [3.63, 3.8) is 0 Å². The molecule has 1 aromatic carbocycles. The van der Waals surface area contributed by atoms with Crippen LogP contribution in [0.15, 0.2) is 24.3 Å². The molecule has 0 aliphatic rings. The summed E-state index contributed by atoms with van der Waals surface area (Å²) in [6.07, 6.45) is -0.463. The Kier molecular flexibility index (Phi) is 4.12. The monoisotopic (exact) mass is 208 g/mol. The Labute approximate surface area is 89.4 Å². The number of nitrogens with two attached hydrogens (primary N) is 1. The smallest absolute Gasteiger partial charge is 0.253 e. The van der Waals surface area contributed by atoms with Gasteiger partial charge in [-0.05, 0) is 26.0 Å². The predicted molar refractivity (Wildman–Crippen MR) is 60.6 cm³/mol. The topological polar surface area (TPSA) is 64.3 Å². The van der Waals surface area contributed by atoms with Crippen molar-refractivity contribution >= 4 is 17.3 Å². The van der Waals surface area contributed by atoms with Gasteiger partial charge in [-0.15, -0.1) is 0 Å². The van der Waals surface area contributed by atoms with E-state index < -0.39 is 6.10 Å². The number of benzene rings is 1. The zero-order chi connectivity index (χ0) is 11.3. The van der Waals surface area contributed by atoms with Crippen LogP contribution < -0.4 is 11.1 Å². The van der Waals surface area contributed by atoms with Gasteiger partial charge in [0.2, 0.25) is 0 Å². The minimum Gasteiger partial charge on any atom is -0.397 e. The number of hydrogen-bond acceptors (Lipinski definition) is 3. The number of ether oxygens (including phenoxy) is 1. The van der Waals surface area contributed by atoms with Crippen molar-refractivity contribution in [2.45, 2.75) is 20.0 Å². The van der Waals surface area contributed by atoms with Gasteiger partial charge in [-0.3, -0.25) is 4.79 Å². The number of hydrogen-bond donors (Lipinski definition) is 2. The highest BCUT2D eigenvalue weighted by Crippen LogP contribution is 2.16. The van der Waals surface area contributed by atoms with Crippen molar-refractivity contribution in [3.05, 3.63) is 24.3 Å². The molecule has 0 bridgehead atoms. The minimum absolute atomic E-state index is 0.185. The number of carbonyl (C=O) groups is 1. The Morgan fingerprint density at radius 1 is 1.53 bits per heavy atom. The molecule has 4 heteroatoms. The number of rotatable bonds is 4. The second-order valence-corrected chi connectivity index (χ2v) is 3.17. The van der Waals surface area contributed by atoms with Gasteiger partial charge in [0.25, 0.3) is 5.91 Å². The van der Waals surface area contributed by atoms with Crippen LogP contribution in [0, 0.1) is 0 Å². The van der Waals surface area contributed by atoms with E-state index in [2.05, 4.69) is 5.32 Å². The fourth-order valence-electron chi connectivity index (χ4n) is 1.17. The molecule has 1 amide bonds. The van der Waals surface area contributed by atoms with E-state index in [0.29, 0.717) is 18.0 Å². The lowest BCUT2D eigenvalue weighted by Crippen LogP contribution is -2.27. The van der Waals surface area contributed by atoms with Crippen LogP contribution in [-0.4, -0.2) is 18.6 Å². The van der Waals surface area contributed by atoms with Crippen LogP contribution in [0.4, 0.5) is 11.4 Å². The van der Waals surface area contributed by atoms with Gasteiger partial charge in [-0.1, -0.05) is 12.1 Å². The molecule has 15 heavy (non-hydrogen) atoms. The SMILES string of the molecule is CCOC(C)C(=O)Nc1ccccc1N. The van der Waals surface area contributed by atoms with Gasteiger partial charge in [0.15, 0.2) is 0 Å². The Morgan fingerprint density at radius 2 is 2.20 bits per heavy atom. The third kappa shape index (κ3) is 3.25. The van der Waals surface area contributed by atoms with Gasteiger partial charge in [0.05, 0.1) is 11.4 Å². The summed E-state index contributed by atoms with van der Waals surface area (Å²) in [5, 5.41) is 2.71. The number of nitrogen functional groups attached to an aromatic ring is 1. The molecule has 4 nitrogen and oxygen atoms in total. The first kappa shape index (κ1) is 11.5. The van der Waals surface area contributed by atoms with Crippen LogP contribution in [0.1, 0.15) is 13.8 Å². The summed E-state index contributed by atoms with van der Waals surface area (Å²) in [7, 11) is 0. The number of anilines is 2. The van der Waals surface area contributed by atoms with E-state index in [4.69, 9.17) is 10.5 Å². The first-order chi connectivity index (χ1) is 7.15. The molecule has 0 aliphatic heterocycles. The van der Waals surface area contributed by atoms with Gasteiger partial charge in [0.1, 0.15) is 6.10 Å². The molecule has 0 radical (unpaired) electrons. The molecule has 1 aromatic rings. The highest BCUT2D eigenvalue weighted by atomic mass is 16.5. The van der Waals surface area contributed by atoms with E-state index in [1.807, 2.05) is 19.1 Å². The van der Waals surface area contributed by atoms with Crippen molar-refractivity contribution in [3.8, 4) is 0 Å². The van der Waals surface area contributed by atoms with E-state index in [1.54, 1.807) is 19.1 Å². The van der Waals surface area contributed by atoms with Crippen LogP contribution in [0.3, 0.4) is 0 Å². The maximum absolute atomic E-state index is 11.6. The van der Waals surface area contributed by atoms with E-state index in [9.17, 15) is 4.79 Å². The number of carbonyl (C=O) groups excluding carboxylic acids is 1. The lowest BCUT2D eigenvalue weighted by molar-refractivity contribution is -0.126. The van der Waals surface area contributed by atoms with Crippen molar-refractivity contribution in [1.82, 2.24) is 0 Å². The van der Waals surface area contributed by atoms with E-state index >= 15 is 0 Å². The van der Waals surface area contributed by atoms with Gasteiger partial charge >= 0.3 is 0 Å². The van der Waals surface area contributed by atoms with Crippen molar-refractivity contribution in [1.29, 1.82) is 0 Å². The lowest BCUT2D eigenvalue weighted by atomic mass is 10.2. The summed E-state index contributed by atoms with van der Waals surface area (Å²) >= 11 is 0. The first-order valence-electron chi connectivity index (χ1n) is 4.92. The van der Waals surface area contributed by atoms with Gasteiger partial charge in [-0.2, -0.15) is 0 Å². The normalized spacial score (nSPS) is 12.1. The maximum Gasteiger partial charge on any atom is 0.253 e.